The van der Waals surface area contributed by atoms with E-state index in [0.717, 1.165) is 19.3 Å². The van der Waals surface area contributed by atoms with Crippen molar-refractivity contribution in [3.05, 3.63) is 0 Å². The molecule has 0 spiro atoms. The molecule has 96 valence electrons. The molecular weight excluding hydrogens is 216 g/mol. The third-order valence-corrected chi connectivity index (χ3v) is 3.75. The van der Waals surface area contributed by atoms with Gasteiger partial charge in [-0.3, -0.25) is 14.5 Å². The number of carbonyl (C=O) groups excluding carboxylic acids is 2. The molecule has 1 N–H and O–H groups in total. The van der Waals surface area contributed by atoms with Crippen LogP contribution in [-0.2, 0) is 9.59 Å². The number of rotatable bonds is 5. The van der Waals surface area contributed by atoms with Gasteiger partial charge in [0, 0.05) is 12.1 Å². The summed E-state index contributed by atoms with van der Waals surface area (Å²) in [6.45, 7) is 6.39. The van der Waals surface area contributed by atoms with Gasteiger partial charge in [-0.1, -0.05) is 20.8 Å². The first kappa shape index (κ1) is 12.6. The summed E-state index contributed by atoms with van der Waals surface area (Å²) < 4.78 is 0. The van der Waals surface area contributed by atoms with Crippen molar-refractivity contribution in [2.75, 3.05) is 0 Å². The largest absolute Gasteiger partial charge is 0.302 e. The van der Waals surface area contributed by atoms with E-state index in [2.05, 4.69) is 26.1 Å². The minimum atomic E-state index is -0.282. The lowest BCUT2D eigenvalue weighted by atomic mass is 10.0. The van der Waals surface area contributed by atoms with Gasteiger partial charge in [0.15, 0.2) is 0 Å². The fourth-order valence-electron chi connectivity index (χ4n) is 2.54. The molecule has 1 saturated carbocycles. The van der Waals surface area contributed by atoms with Crippen LogP contribution in [0.15, 0.2) is 0 Å². The van der Waals surface area contributed by atoms with Crippen molar-refractivity contribution in [2.45, 2.75) is 64.6 Å². The summed E-state index contributed by atoms with van der Waals surface area (Å²) in [7, 11) is 0. The van der Waals surface area contributed by atoms with Gasteiger partial charge in [0.2, 0.25) is 11.8 Å². The standard InChI is InChI=1S/C13H22N2O2/c1-4-10(8(2)3)14-11-7-12(16)15(13(11)17)9-5-6-9/h8-11,14H,4-7H2,1-3H3. The van der Waals surface area contributed by atoms with Crippen LogP contribution in [0, 0.1) is 5.92 Å². The van der Waals surface area contributed by atoms with E-state index < -0.39 is 0 Å². The van der Waals surface area contributed by atoms with Gasteiger partial charge in [-0.25, -0.2) is 0 Å². The molecule has 1 aliphatic carbocycles. The van der Waals surface area contributed by atoms with E-state index in [1.54, 1.807) is 0 Å². The molecular formula is C13H22N2O2. The highest BCUT2D eigenvalue weighted by atomic mass is 16.2. The van der Waals surface area contributed by atoms with Gasteiger partial charge >= 0.3 is 0 Å². The molecule has 4 heteroatoms. The second-order valence-corrected chi connectivity index (χ2v) is 5.52. The van der Waals surface area contributed by atoms with E-state index in [1.165, 1.54) is 4.90 Å². The van der Waals surface area contributed by atoms with Crippen LogP contribution in [0.25, 0.3) is 0 Å². The summed E-state index contributed by atoms with van der Waals surface area (Å²) in [4.78, 5) is 25.4. The second-order valence-electron chi connectivity index (χ2n) is 5.52. The van der Waals surface area contributed by atoms with Gasteiger partial charge in [0.05, 0.1) is 12.5 Å². The Bertz CT molecular complexity index is 323. The lowest BCUT2D eigenvalue weighted by Crippen LogP contribution is -2.46. The molecule has 0 aromatic carbocycles. The monoisotopic (exact) mass is 238 g/mol. The van der Waals surface area contributed by atoms with E-state index in [1.807, 2.05) is 0 Å². The summed E-state index contributed by atoms with van der Waals surface area (Å²) in [6.07, 6.45) is 3.31. The third kappa shape index (κ3) is 2.51. The maximum absolute atomic E-state index is 12.1. The van der Waals surface area contributed by atoms with Crippen LogP contribution in [0.3, 0.4) is 0 Å². The van der Waals surface area contributed by atoms with Crippen molar-refractivity contribution in [3.8, 4) is 0 Å². The summed E-state index contributed by atoms with van der Waals surface area (Å²) in [5.74, 6) is 0.489. The Labute approximate surface area is 103 Å². The van der Waals surface area contributed by atoms with Gasteiger partial charge < -0.3 is 5.32 Å². The van der Waals surface area contributed by atoms with E-state index in [-0.39, 0.29) is 23.9 Å². The Balaban J connectivity index is 1.98. The van der Waals surface area contributed by atoms with Gasteiger partial charge in [-0.2, -0.15) is 0 Å². The fourth-order valence-corrected chi connectivity index (χ4v) is 2.54. The van der Waals surface area contributed by atoms with Crippen LogP contribution in [0.1, 0.15) is 46.5 Å². The molecule has 4 nitrogen and oxygen atoms in total. The Morgan fingerprint density at radius 2 is 2.00 bits per heavy atom. The molecule has 0 aromatic rings. The Morgan fingerprint density at radius 1 is 1.35 bits per heavy atom. The van der Waals surface area contributed by atoms with Crippen LogP contribution in [0.5, 0.6) is 0 Å². The van der Waals surface area contributed by atoms with Crippen molar-refractivity contribution < 1.29 is 9.59 Å². The molecule has 2 aliphatic rings. The van der Waals surface area contributed by atoms with Gasteiger partial charge in [-0.05, 0) is 25.2 Å². The van der Waals surface area contributed by atoms with Crippen LogP contribution in [0.2, 0.25) is 0 Å². The number of hydrogen-bond acceptors (Lipinski definition) is 3. The molecule has 2 fully saturated rings. The van der Waals surface area contributed by atoms with Crippen molar-refractivity contribution >= 4 is 11.8 Å². The number of nitrogens with one attached hydrogen (secondary N) is 1. The summed E-state index contributed by atoms with van der Waals surface area (Å²) in [6, 6.07) is 0.243. The minimum Gasteiger partial charge on any atom is -0.302 e. The fraction of sp³-hybridized carbons (Fsp3) is 0.846. The SMILES string of the molecule is CCC(NC1CC(=O)N(C2CC2)C1=O)C(C)C. The zero-order chi connectivity index (χ0) is 12.6. The summed E-state index contributed by atoms with van der Waals surface area (Å²) in [5.41, 5.74) is 0. The summed E-state index contributed by atoms with van der Waals surface area (Å²) >= 11 is 0. The predicted octanol–water partition coefficient (Wildman–Crippen LogP) is 1.30. The predicted molar refractivity (Wildman–Crippen MR) is 65.3 cm³/mol. The molecule has 0 bridgehead atoms. The quantitative estimate of drug-likeness (QED) is 0.734. The zero-order valence-electron chi connectivity index (χ0n) is 10.9. The smallest absolute Gasteiger partial charge is 0.247 e. The Hall–Kier alpha value is -0.900. The summed E-state index contributed by atoms with van der Waals surface area (Å²) in [5, 5.41) is 3.35. The van der Waals surface area contributed by atoms with Crippen LogP contribution in [0.4, 0.5) is 0 Å². The highest BCUT2D eigenvalue weighted by Crippen LogP contribution is 2.31. The van der Waals surface area contributed by atoms with E-state index >= 15 is 0 Å². The third-order valence-electron chi connectivity index (χ3n) is 3.75. The number of carbonyl (C=O) groups is 2. The zero-order valence-corrected chi connectivity index (χ0v) is 10.9. The average molecular weight is 238 g/mol. The van der Waals surface area contributed by atoms with E-state index in [9.17, 15) is 9.59 Å². The van der Waals surface area contributed by atoms with Crippen molar-refractivity contribution in [3.63, 3.8) is 0 Å². The van der Waals surface area contributed by atoms with Crippen LogP contribution >= 0.6 is 0 Å². The number of nitrogens with zero attached hydrogens (tertiary/aromatic N) is 1. The van der Waals surface area contributed by atoms with Gasteiger partial charge in [-0.15, -0.1) is 0 Å². The highest BCUT2D eigenvalue weighted by molar-refractivity contribution is 6.06. The second kappa shape index (κ2) is 4.77. The number of likely N-dealkylation sites (tertiary alicyclic amines) is 1. The Morgan fingerprint density at radius 3 is 2.47 bits per heavy atom. The maximum Gasteiger partial charge on any atom is 0.247 e. The molecule has 0 aromatic heterocycles. The maximum atomic E-state index is 12.1. The van der Waals surface area contributed by atoms with E-state index in [0.29, 0.717) is 18.4 Å². The lowest BCUT2D eigenvalue weighted by Gasteiger charge is -2.24. The number of imide groups is 1. The minimum absolute atomic E-state index is 0.00315. The van der Waals surface area contributed by atoms with Gasteiger partial charge in [0.25, 0.3) is 0 Å². The lowest BCUT2D eigenvalue weighted by molar-refractivity contribution is -0.139. The van der Waals surface area contributed by atoms with Crippen molar-refractivity contribution in [2.24, 2.45) is 5.92 Å². The van der Waals surface area contributed by atoms with Crippen LogP contribution < -0.4 is 5.32 Å². The highest BCUT2D eigenvalue weighted by Gasteiger charge is 2.46. The average Bonchev–Trinajstić information content (AvgIpc) is 3.04. The van der Waals surface area contributed by atoms with Gasteiger partial charge in [0.1, 0.15) is 0 Å². The topological polar surface area (TPSA) is 49.4 Å². The Kier molecular flexibility index (Phi) is 3.52. The van der Waals surface area contributed by atoms with Crippen molar-refractivity contribution in [1.29, 1.82) is 0 Å². The molecule has 2 unspecified atom stereocenters. The number of amides is 2. The molecule has 1 aliphatic heterocycles. The van der Waals surface area contributed by atoms with E-state index in [4.69, 9.17) is 0 Å². The normalized spacial score (nSPS) is 27.1. The van der Waals surface area contributed by atoms with Crippen molar-refractivity contribution in [1.82, 2.24) is 10.2 Å². The molecule has 1 saturated heterocycles. The molecule has 2 rings (SSSR count). The first-order chi connectivity index (χ1) is 8.04. The number of hydrogen-bond donors (Lipinski definition) is 1. The molecule has 2 amide bonds. The molecule has 17 heavy (non-hydrogen) atoms. The first-order valence-corrected chi connectivity index (χ1v) is 6.66. The molecule has 2 atom stereocenters. The van der Waals surface area contributed by atoms with Crippen LogP contribution in [-0.4, -0.2) is 34.8 Å². The molecule has 0 radical (unpaired) electrons. The molecule has 1 heterocycles. The first-order valence-electron chi connectivity index (χ1n) is 6.66.